The van der Waals surface area contributed by atoms with E-state index in [0.717, 1.165) is 0 Å². The summed E-state index contributed by atoms with van der Waals surface area (Å²) in [4.78, 5) is 59.6. The molecule has 7 N–H and O–H groups in total. The number of amides is 3. The highest BCUT2D eigenvalue weighted by Gasteiger charge is 2.37. The number of rotatable bonds is 10. The van der Waals surface area contributed by atoms with Gasteiger partial charge in [-0.1, -0.05) is 0 Å². The number of nitrogens with zero attached hydrogens (tertiary/aromatic N) is 1. The highest BCUT2D eigenvalue weighted by molar-refractivity contribution is 5.94. The van der Waals surface area contributed by atoms with Crippen molar-refractivity contribution in [1.29, 1.82) is 0 Å². The Morgan fingerprint density at radius 2 is 1.82 bits per heavy atom. The Balaban J connectivity index is 2.67. The van der Waals surface area contributed by atoms with Crippen LogP contribution in [0.5, 0.6) is 0 Å². The fourth-order valence-electron chi connectivity index (χ4n) is 2.80. The van der Waals surface area contributed by atoms with Crippen molar-refractivity contribution in [2.45, 2.75) is 56.8 Å². The maximum absolute atomic E-state index is 12.6. The van der Waals surface area contributed by atoms with Crippen LogP contribution in [-0.2, 0) is 24.0 Å². The summed E-state index contributed by atoms with van der Waals surface area (Å²) in [7, 11) is 0. The molecule has 1 heterocycles. The van der Waals surface area contributed by atoms with E-state index in [9.17, 15) is 24.0 Å². The number of likely N-dealkylation sites (tertiary alicyclic amines) is 1. The number of aliphatic carboxylic acids is 2. The van der Waals surface area contributed by atoms with Gasteiger partial charge in [0.1, 0.15) is 18.1 Å². The zero-order valence-corrected chi connectivity index (χ0v) is 15.5. The normalized spacial score (nSPS) is 19.4. The minimum atomic E-state index is -1.48. The lowest BCUT2D eigenvalue weighted by Crippen LogP contribution is -2.56. The Morgan fingerprint density at radius 1 is 1.18 bits per heavy atom. The van der Waals surface area contributed by atoms with Crippen molar-refractivity contribution in [1.82, 2.24) is 15.5 Å². The highest BCUT2D eigenvalue weighted by atomic mass is 16.4. The lowest BCUT2D eigenvalue weighted by Gasteiger charge is -2.28. The molecule has 1 rings (SSSR count). The number of aliphatic hydroxyl groups is 1. The van der Waals surface area contributed by atoms with Crippen molar-refractivity contribution in [3.63, 3.8) is 0 Å². The molecule has 1 aliphatic heterocycles. The van der Waals surface area contributed by atoms with Gasteiger partial charge in [0.25, 0.3) is 0 Å². The molecule has 0 saturated carbocycles. The van der Waals surface area contributed by atoms with Crippen LogP contribution in [0.15, 0.2) is 0 Å². The lowest BCUT2D eigenvalue weighted by atomic mass is 10.1. The van der Waals surface area contributed by atoms with Gasteiger partial charge in [-0.15, -0.1) is 0 Å². The first kappa shape index (κ1) is 23.3. The zero-order chi connectivity index (χ0) is 21.4. The fraction of sp³-hybridized carbons (Fsp3) is 0.688. The van der Waals surface area contributed by atoms with Crippen LogP contribution in [0, 0.1) is 0 Å². The Kier molecular flexibility index (Phi) is 8.79. The molecule has 0 radical (unpaired) electrons. The van der Waals surface area contributed by atoms with E-state index in [4.69, 9.17) is 21.1 Å². The van der Waals surface area contributed by atoms with E-state index in [1.807, 2.05) is 0 Å². The molecule has 0 aromatic carbocycles. The van der Waals surface area contributed by atoms with Crippen LogP contribution in [0.2, 0.25) is 0 Å². The Labute approximate surface area is 161 Å². The summed E-state index contributed by atoms with van der Waals surface area (Å²) in [5.74, 6) is -4.44. The highest BCUT2D eigenvalue weighted by Crippen LogP contribution is 2.19. The number of carboxylic acid groups (broad SMARTS) is 2. The number of hydrogen-bond donors (Lipinski definition) is 6. The quantitative estimate of drug-likeness (QED) is 0.224. The molecular formula is C16H26N4O8. The fourth-order valence-corrected chi connectivity index (χ4v) is 2.80. The number of carbonyl (C=O) groups is 5. The van der Waals surface area contributed by atoms with Crippen LogP contribution in [0.4, 0.5) is 0 Å². The number of aliphatic hydroxyl groups excluding tert-OH is 1. The smallest absolute Gasteiger partial charge is 0.328 e. The van der Waals surface area contributed by atoms with Gasteiger partial charge >= 0.3 is 11.9 Å². The summed E-state index contributed by atoms with van der Waals surface area (Å²) < 4.78 is 0. The van der Waals surface area contributed by atoms with Crippen molar-refractivity contribution in [3.8, 4) is 0 Å². The molecule has 4 atom stereocenters. The largest absolute Gasteiger partial charge is 0.481 e. The van der Waals surface area contributed by atoms with Crippen LogP contribution in [0.25, 0.3) is 0 Å². The first-order chi connectivity index (χ1) is 13.1. The minimum absolute atomic E-state index is 0.0887. The molecule has 0 aliphatic carbocycles. The van der Waals surface area contributed by atoms with Gasteiger partial charge in [-0.05, 0) is 26.2 Å². The molecule has 1 aliphatic rings. The molecule has 4 unspecified atom stereocenters. The van der Waals surface area contributed by atoms with Crippen LogP contribution in [-0.4, -0.2) is 87.2 Å². The monoisotopic (exact) mass is 402 g/mol. The molecule has 0 aromatic heterocycles. The van der Waals surface area contributed by atoms with Crippen molar-refractivity contribution in [2.24, 2.45) is 5.73 Å². The van der Waals surface area contributed by atoms with Crippen LogP contribution < -0.4 is 16.4 Å². The van der Waals surface area contributed by atoms with Gasteiger partial charge in [0.15, 0.2) is 0 Å². The van der Waals surface area contributed by atoms with Crippen LogP contribution in [0.3, 0.4) is 0 Å². The van der Waals surface area contributed by atoms with E-state index < -0.39 is 60.4 Å². The van der Waals surface area contributed by atoms with Gasteiger partial charge in [0, 0.05) is 13.0 Å². The standard InChI is InChI=1S/C16H26N4O8/c1-8(18-13(24)9(17)4-5-12(22)23)15(26)20-6-2-3-11(20)14(25)19-10(7-21)16(27)28/h8-11,21H,2-7,17H2,1H3,(H,18,24)(H,19,25)(H,22,23)(H,27,28). The van der Waals surface area contributed by atoms with Crippen molar-refractivity contribution < 1.29 is 39.3 Å². The SMILES string of the molecule is CC(NC(=O)C(N)CCC(=O)O)C(=O)N1CCCC1C(=O)NC(CO)C(=O)O. The molecule has 0 spiro atoms. The van der Waals surface area contributed by atoms with E-state index in [2.05, 4.69) is 10.6 Å². The van der Waals surface area contributed by atoms with Gasteiger partial charge in [0.2, 0.25) is 17.7 Å². The number of carboxylic acids is 2. The first-order valence-electron chi connectivity index (χ1n) is 8.80. The van der Waals surface area contributed by atoms with Crippen molar-refractivity contribution in [2.75, 3.05) is 13.2 Å². The van der Waals surface area contributed by atoms with Crippen LogP contribution in [0.1, 0.15) is 32.6 Å². The second-order valence-electron chi connectivity index (χ2n) is 6.54. The molecule has 0 bridgehead atoms. The van der Waals surface area contributed by atoms with E-state index >= 15 is 0 Å². The number of nitrogens with two attached hydrogens (primary N) is 1. The third-order valence-corrected chi connectivity index (χ3v) is 4.37. The zero-order valence-electron chi connectivity index (χ0n) is 15.5. The second-order valence-corrected chi connectivity index (χ2v) is 6.54. The lowest BCUT2D eigenvalue weighted by molar-refractivity contribution is -0.145. The molecule has 1 saturated heterocycles. The van der Waals surface area contributed by atoms with E-state index in [-0.39, 0.29) is 19.4 Å². The van der Waals surface area contributed by atoms with E-state index in [1.54, 1.807) is 0 Å². The maximum Gasteiger partial charge on any atom is 0.328 e. The van der Waals surface area contributed by atoms with Crippen LogP contribution >= 0.6 is 0 Å². The summed E-state index contributed by atoms with van der Waals surface area (Å²) >= 11 is 0. The Bertz CT molecular complexity index is 626. The molecule has 12 nitrogen and oxygen atoms in total. The molecule has 28 heavy (non-hydrogen) atoms. The minimum Gasteiger partial charge on any atom is -0.481 e. The third-order valence-electron chi connectivity index (χ3n) is 4.37. The summed E-state index contributed by atoms with van der Waals surface area (Å²) in [6.45, 7) is 0.868. The third kappa shape index (κ3) is 6.46. The predicted molar refractivity (Wildman–Crippen MR) is 93.8 cm³/mol. The van der Waals surface area contributed by atoms with Gasteiger partial charge in [-0.25, -0.2) is 4.79 Å². The van der Waals surface area contributed by atoms with E-state index in [1.165, 1.54) is 11.8 Å². The summed E-state index contributed by atoms with van der Waals surface area (Å²) in [5.41, 5.74) is 5.60. The van der Waals surface area contributed by atoms with Crippen molar-refractivity contribution >= 4 is 29.7 Å². The molecule has 3 amide bonds. The average molecular weight is 402 g/mol. The molecule has 0 aromatic rings. The van der Waals surface area contributed by atoms with Crippen molar-refractivity contribution in [3.05, 3.63) is 0 Å². The molecule has 12 heteroatoms. The Hall–Kier alpha value is -2.73. The van der Waals surface area contributed by atoms with Gasteiger partial charge in [0.05, 0.1) is 12.6 Å². The first-order valence-corrected chi connectivity index (χ1v) is 8.80. The van der Waals surface area contributed by atoms with E-state index in [0.29, 0.717) is 12.8 Å². The van der Waals surface area contributed by atoms with Gasteiger partial charge < -0.3 is 36.6 Å². The predicted octanol–water partition coefficient (Wildman–Crippen LogP) is -2.76. The topological polar surface area (TPSA) is 199 Å². The summed E-state index contributed by atoms with van der Waals surface area (Å²) in [5, 5.41) is 31.1. The molecular weight excluding hydrogens is 376 g/mol. The average Bonchev–Trinajstić information content (AvgIpc) is 3.12. The Morgan fingerprint density at radius 3 is 2.36 bits per heavy atom. The second kappa shape index (κ2) is 10.6. The number of carbonyl (C=O) groups excluding carboxylic acids is 3. The molecule has 1 fully saturated rings. The number of hydrogen-bond acceptors (Lipinski definition) is 7. The molecule has 158 valence electrons. The van der Waals surface area contributed by atoms with Gasteiger partial charge in [-0.3, -0.25) is 19.2 Å². The maximum atomic E-state index is 12.6. The van der Waals surface area contributed by atoms with Gasteiger partial charge in [-0.2, -0.15) is 0 Å². The summed E-state index contributed by atoms with van der Waals surface area (Å²) in [6, 6.07) is -4.50. The summed E-state index contributed by atoms with van der Waals surface area (Å²) in [6.07, 6.45) is 0.447. The number of nitrogens with one attached hydrogen (secondary N) is 2.